The zero-order valence-corrected chi connectivity index (χ0v) is 12.4. The van der Waals surface area contributed by atoms with Crippen molar-refractivity contribution in [2.45, 2.75) is 52.6 Å². The van der Waals surface area contributed by atoms with Gasteiger partial charge in [-0.25, -0.2) is 0 Å². The molecule has 1 rings (SSSR count). The van der Waals surface area contributed by atoms with Crippen molar-refractivity contribution < 1.29 is 0 Å². The van der Waals surface area contributed by atoms with Crippen molar-refractivity contribution in [3.63, 3.8) is 0 Å². The highest BCUT2D eigenvalue weighted by atomic mass is 16.1. The van der Waals surface area contributed by atoms with E-state index in [4.69, 9.17) is 5.73 Å². The summed E-state index contributed by atoms with van der Waals surface area (Å²) in [5.41, 5.74) is 6.38. The van der Waals surface area contributed by atoms with Gasteiger partial charge in [0, 0.05) is 37.1 Å². The Morgan fingerprint density at radius 3 is 2.63 bits per heavy atom. The number of hydrogen-bond donors (Lipinski definition) is 1. The lowest BCUT2D eigenvalue weighted by Gasteiger charge is -2.26. The first-order valence-corrected chi connectivity index (χ1v) is 7.24. The van der Waals surface area contributed by atoms with Gasteiger partial charge in [0.1, 0.15) is 0 Å². The van der Waals surface area contributed by atoms with Gasteiger partial charge in [-0.05, 0) is 32.9 Å². The van der Waals surface area contributed by atoms with E-state index in [1.165, 1.54) is 25.3 Å². The minimum Gasteiger partial charge on any atom is -0.398 e. The van der Waals surface area contributed by atoms with Crippen LogP contribution < -0.4 is 11.3 Å². The molecule has 1 heterocycles. The quantitative estimate of drug-likeness (QED) is 0.734. The molecule has 0 fully saturated rings. The second-order valence-corrected chi connectivity index (χ2v) is 5.33. The summed E-state index contributed by atoms with van der Waals surface area (Å²) in [6, 6.07) is 3.69. The Hall–Kier alpha value is -1.29. The molecule has 4 heteroatoms. The molecule has 108 valence electrons. The monoisotopic (exact) mass is 265 g/mol. The molecule has 0 saturated heterocycles. The van der Waals surface area contributed by atoms with Crippen LogP contribution in [0.15, 0.2) is 23.1 Å². The molecule has 0 bridgehead atoms. The maximum atomic E-state index is 11.7. The van der Waals surface area contributed by atoms with Gasteiger partial charge in [-0.2, -0.15) is 0 Å². The van der Waals surface area contributed by atoms with E-state index in [1.54, 1.807) is 16.8 Å². The molecule has 0 aliphatic carbocycles. The third-order valence-corrected chi connectivity index (χ3v) is 3.41. The van der Waals surface area contributed by atoms with Gasteiger partial charge in [0.25, 0.3) is 5.56 Å². The Morgan fingerprint density at radius 2 is 2.00 bits per heavy atom. The van der Waals surface area contributed by atoms with Gasteiger partial charge in [-0.15, -0.1) is 0 Å². The average molecular weight is 265 g/mol. The topological polar surface area (TPSA) is 51.3 Å². The van der Waals surface area contributed by atoms with Crippen LogP contribution in [0.5, 0.6) is 0 Å². The molecule has 2 N–H and O–H groups in total. The predicted octanol–water partition coefficient (Wildman–Crippen LogP) is 2.33. The Kier molecular flexibility index (Phi) is 6.64. The van der Waals surface area contributed by atoms with Crippen LogP contribution >= 0.6 is 0 Å². The van der Waals surface area contributed by atoms with Crippen LogP contribution in [0.3, 0.4) is 0 Å². The van der Waals surface area contributed by atoms with Crippen LogP contribution in [0.25, 0.3) is 0 Å². The summed E-state index contributed by atoms with van der Waals surface area (Å²) >= 11 is 0. The van der Waals surface area contributed by atoms with Crippen LogP contribution in [0.2, 0.25) is 0 Å². The minimum atomic E-state index is 0.0199. The van der Waals surface area contributed by atoms with Crippen molar-refractivity contribution in [3.8, 4) is 0 Å². The van der Waals surface area contributed by atoms with Crippen molar-refractivity contribution in [2.24, 2.45) is 0 Å². The summed E-state index contributed by atoms with van der Waals surface area (Å²) in [5.74, 6) is 0. The van der Waals surface area contributed by atoms with Crippen LogP contribution in [0, 0.1) is 0 Å². The molecule has 0 spiro atoms. The summed E-state index contributed by atoms with van der Waals surface area (Å²) < 4.78 is 1.70. The Balaban J connectivity index is 2.55. The lowest BCUT2D eigenvalue weighted by atomic mass is 10.2. The molecule has 0 radical (unpaired) electrons. The first-order valence-electron chi connectivity index (χ1n) is 7.24. The summed E-state index contributed by atoms with van der Waals surface area (Å²) in [5, 5.41) is 0. The second-order valence-electron chi connectivity index (χ2n) is 5.33. The lowest BCUT2D eigenvalue weighted by Crippen LogP contribution is -2.36. The normalized spacial score (nSPS) is 11.4. The van der Waals surface area contributed by atoms with E-state index in [1.807, 2.05) is 0 Å². The maximum Gasteiger partial charge on any atom is 0.250 e. The first kappa shape index (κ1) is 15.8. The SMILES string of the molecule is CCCCCN(CCn1cc(N)ccc1=O)C(C)C. The molecule has 0 amide bonds. The molecule has 0 aliphatic rings. The van der Waals surface area contributed by atoms with E-state index in [9.17, 15) is 4.79 Å². The smallest absolute Gasteiger partial charge is 0.250 e. The molecule has 19 heavy (non-hydrogen) atoms. The van der Waals surface area contributed by atoms with Crippen LogP contribution in [0.1, 0.15) is 40.0 Å². The summed E-state index contributed by atoms with van der Waals surface area (Å²) in [6.07, 6.45) is 5.45. The fourth-order valence-corrected chi connectivity index (χ4v) is 2.15. The largest absolute Gasteiger partial charge is 0.398 e. The Bertz CT molecular complexity index is 426. The van der Waals surface area contributed by atoms with Gasteiger partial charge in [0.05, 0.1) is 0 Å². The van der Waals surface area contributed by atoms with E-state index in [0.717, 1.165) is 13.1 Å². The van der Waals surface area contributed by atoms with Crippen LogP contribution in [-0.2, 0) is 6.54 Å². The van der Waals surface area contributed by atoms with Crippen LogP contribution in [0.4, 0.5) is 5.69 Å². The molecular weight excluding hydrogens is 238 g/mol. The number of unbranched alkanes of at least 4 members (excludes halogenated alkanes) is 2. The van der Waals surface area contributed by atoms with Crippen molar-refractivity contribution in [3.05, 3.63) is 28.7 Å². The Morgan fingerprint density at radius 1 is 1.26 bits per heavy atom. The van der Waals surface area contributed by atoms with Crippen molar-refractivity contribution in [1.82, 2.24) is 9.47 Å². The lowest BCUT2D eigenvalue weighted by molar-refractivity contribution is 0.208. The molecule has 0 atom stereocenters. The van der Waals surface area contributed by atoms with Crippen molar-refractivity contribution in [1.29, 1.82) is 0 Å². The average Bonchev–Trinajstić information content (AvgIpc) is 2.37. The molecular formula is C15H27N3O. The highest BCUT2D eigenvalue weighted by Gasteiger charge is 2.09. The molecule has 4 nitrogen and oxygen atoms in total. The van der Waals surface area contributed by atoms with Gasteiger partial charge < -0.3 is 10.3 Å². The van der Waals surface area contributed by atoms with Gasteiger partial charge in [0.2, 0.25) is 0 Å². The second kappa shape index (κ2) is 8.00. The van der Waals surface area contributed by atoms with E-state index in [-0.39, 0.29) is 5.56 Å². The van der Waals surface area contributed by atoms with Crippen molar-refractivity contribution in [2.75, 3.05) is 18.8 Å². The third kappa shape index (κ3) is 5.47. The number of nitrogen functional groups attached to an aromatic ring is 1. The molecule has 0 aliphatic heterocycles. The third-order valence-electron chi connectivity index (χ3n) is 3.41. The minimum absolute atomic E-state index is 0.0199. The van der Waals surface area contributed by atoms with Gasteiger partial charge in [-0.3, -0.25) is 9.69 Å². The first-order chi connectivity index (χ1) is 9.04. The van der Waals surface area contributed by atoms with E-state index >= 15 is 0 Å². The highest BCUT2D eigenvalue weighted by Crippen LogP contribution is 2.04. The number of aromatic nitrogens is 1. The summed E-state index contributed by atoms with van der Waals surface area (Å²) in [6.45, 7) is 9.32. The zero-order valence-electron chi connectivity index (χ0n) is 12.4. The zero-order chi connectivity index (χ0) is 14.3. The molecule has 1 aromatic rings. The molecule has 0 unspecified atom stereocenters. The summed E-state index contributed by atoms with van der Waals surface area (Å²) in [7, 11) is 0. The van der Waals surface area contributed by atoms with Gasteiger partial charge in [-0.1, -0.05) is 19.8 Å². The number of anilines is 1. The van der Waals surface area contributed by atoms with E-state index in [2.05, 4.69) is 25.7 Å². The Labute approximate surface area is 116 Å². The summed E-state index contributed by atoms with van der Waals surface area (Å²) in [4.78, 5) is 14.1. The number of nitrogens with zero attached hydrogens (tertiary/aromatic N) is 2. The highest BCUT2D eigenvalue weighted by molar-refractivity contribution is 5.33. The van der Waals surface area contributed by atoms with E-state index in [0.29, 0.717) is 18.3 Å². The van der Waals surface area contributed by atoms with Gasteiger partial charge in [0.15, 0.2) is 0 Å². The number of nitrogens with two attached hydrogens (primary N) is 1. The standard InChI is InChI=1S/C15H27N3O/c1-4-5-6-9-17(13(2)3)10-11-18-12-14(16)7-8-15(18)19/h7-8,12-13H,4-6,9-11,16H2,1-3H3. The van der Waals surface area contributed by atoms with E-state index < -0.39 is 0 Å². The predicted molar refractivity (Wildman–Crippen MR) is 81.3 cm³/mol. The van der Waals surface area contributed by atoms with Gasteiger partial charge >= 0.3 is 0 Å². The molecule has 0 saturated carbocycles. The molecule has 0 aromatic carbocycles. The van der Waals surface area contributed by atoms with Crippen molar-refractivity contribution >= 4 is 5.69 Å². The number of pyridine rings is 1. The van der Waals surface area contributed by atoms with Crippen LogP contribution in [-0.4, -0.2) is 28.6 Å². The maximum absolute atomic E-state index is 11.7. The molecule has 1 aromatic heterocycles. The number of hydrogen-bond acceptors (Lipinski definition) is 3. The number of rotatable bonds is 8. The fourth-order valence-electron chi connectivity index (χ4n) is 2.15. The fraction of sp³-hybridized carbons (Fsp3) is 0.667.